The molecule has 2 aliphatic heterocycles. The summed E-state index contributed by atoms with van der Waals surface area (Å²) in [6.45, 7) is 3.09. The van der Waals surface area contributed by atoms with Gasteiger partial charge >= 0.3 is 0 Å². The Labute approximate surface area is 222 Å². The predicted octanol–water partition coefficient (Wildman–Crippen LogP) is 4.08. The summed E-state index contributed by atoms with van der Waals surface area (Å²) in [5, 5.41) is 7.95. The van der Waals surface area contributed by atoms with E-state index >= 15 is 0 Å². The summed E-state index contributed by atoms with van der Waals surface area (Å²) < 4.78 is 16.3. The number of nitrogens with zero attached hydrogens (tertiary/aromatic N) is 7. The van der Waals surface area contributed by atoms with E-state index < -0.39 is 0 Å². The summed E-state index contributed by atoms with van der Waals surface area (Å²) in [5.74, 6) is -0.415. The van der Waals surface area contributed by atoms with E-state index in [2.05, 4.69) is 29.9 Å². The number of hydrogen-bond acceptors (Lipinski definition) is 7. The van der Waals surface area contributed by atoms with Gasteiger partial charge in [-0.25, -0.2) is 19.3 Å². The lowest BCUT2D eigenvalue weighted by Gasteiger charge is -2.46. The monoisotopic (exact) mass is 527 g/mol. The maximum atomic E-state index is 14.3. The molecule has 4 aromatic heterocycles. The smallest absolute Gasteiger partial charge is 0.253 e. The van der Waals surface area contributed by atoms with Crippen LogP contribution in [0.1, 0.15) is 23.2 Å². The number of hydrogen-bond donors (Lipinski definition) is 1. The average molecular weight is 528 g/mol. The molecule has 191 valence electrons. The van der Waals surface area contributed by atoms with Crippen molar-refractivity contribution in [3.63, 3.8) is 0 Å². The second-order valence-corrected chi connectivity index (χ2v) is 10.6. The molecule has 2 saturated heterocycles. The molecule has 0 unspecified atom stereocenters. The van der Waals surface area contributed by atoms with Gasteiger partial charge in [-0.3, -0.25) is 14.4 Å². The van der Waals surface area contributed by atoms with Crippen LogP contribution >= 0.6 is 11.3 Å². The zero-order valence-electron chi connectivity index (χ0n) is 20.4. The molecule has 1 N–H and O–H groups in total. The van der Waals surface area contributed by atoms with Crippen LogP contribution in [0.4, 0.5) is 4.39 Å². The molecule has 1 amide bonds. The van der Waals surface area contributed by atoms with Gasteiger partial charge in [-0.05, 0) is 37.1 Å². The van der Waals surface area contributed by atoms with Crippen LogP contribution in [0.3, 0.4) is 0 Å². The van der Waals surface area contributed by atoms with Gasteiger partial charge < -0.3 is 9.88 Å². The molecule has 7 rings (SSSR count). The Morgan fingerprint density at radius 2 is 1.97 bits per heavy atom. The maximum Gasteiger partial charge on any atom is 0.253 e. The molecule has 0 atom stereocenters. The predicted molar refractivity (Wildman–Crippen MR) is 142 cm³/mol. The lowest BCUT2D eigenvalue weighted by Crippen LogP contribution is -2.56. The quantitative estimate of drug-likeness (QED) is 0.370. The van der Waals surface area contributed by atoms with Crippen molar-refractivity contribution in [2.75, 3.05) is 26.2 Å². The molecule has 11 heteroatoms. The Morgan fingerprint density at radius 1 is 1.11 bits per heavy atom. The standard InChI is InChI=1S/C27H24FN8OS/c28-23-2-1-17(11-22(23)26-30-7-10-38-26)27(37)34-8-4-19(5-9-34)35-14-20(15-35)36-13-18(12-33-36)24-21-3-6-29-25(21)32-16-31-24/h1-3,6-7,10-13,16,19H,4-5,8-9,14-15H2,(H,29,31,32). The number of rotatable bonds is 5. The number of aromatic amines is 1. The van der Waals surface area contributed by atoms with Crippen molar-refractivity contribution in [2.45, 2.75) is 18.9 Å². The van der Waals surface area contributed by atoms with Crippen LogP contribution in [-0.2, 0) is 0 Å². The number of halogens is 1. The molecular weight excluding hydrogens is 503 g/mol. The first-order valence-corrected chi connectivity index (χ1v) is 13.4. The highest BCUT2D eigenvalue weighted by Gasteiger charge is 2.37. The van der Waals surface area contributed by atoms with E-state index in [-0.39, 0.29) is 11.7 Å². The Hall–Kier alpha value is -3.96. The molecule has 5 aromatic rings. The highest BCUT2D eigenvalue weighted by Crippen LogP contribution is 2.31. The summed E-state index contributed by atoms with van der Waals surface area (Å²) in [6, 6.07) is 8.21. The molecular formula is C27H24FN8OS. The Morgan fingerprint density at radius 3 is 2.79 bits per heavy atom. The van der Waals surface area contributed by atoms with Crippen molar-refractivity contribution >= 4 is 28.3 Å². The molecule has 38 heavy (non-hydrogen) atoms. The van der Waals surface area contributed by atoms with Gasteiger partial charge in [-0.15, -0.1) is 11.3 Å². The molecule has 9 nitrogen and oxygen atoms in total. The van der Waals surface area contributed by atoms with Gasteiger partial charge in [0.15, 0.2) is 0 Å². The third kappa shape index (κ3) is 4.07. The minimum Gasteiger partial charge on any atom is -0.346 e. The van der Waals surface area contributed by atoms with Gasteiger partial charge in [0.1, 0.15) is 28.8 Å². The minimum absolute atomic E-state index is 0.0533. The zero-order chi connectivity index (χ0) is 25.6. The van der Waals surface area contributed by atoms with Crippen LogP contribution in [0.15, 0.2) is 60.8 Å². The van der Waals surface area contributed by atoms with Crippen molar-refractivity contribution in [1.29, 1.82) is 0 Å². The number of nitrogens with one attached hydrogen (secondary N) is 1. The Balaban J connectivity index is 0.956. The van der Waals surface area contributed by atoms with E-state index in [1.807, 2.05) is 34.2 Å². The van der Waals surface area contributed by atoms with Crippen LogP contribution in [0.5, 0.6) is 0 Å². The highest BCUT2D eigenvalue weighted by molar-refractivity contribution is 7.13. The fourth-order valence-corrected chi connectivity index (χ4v) is 6.00. The van der Waals surface area contributed by atoms with Gasteiger partial charge in [0, 0.05) is 78.3 Å². The number of fused-ring (bicyclic) bond motifs is 1. The lowest BCUT2D eigenvalue weighted by molar-refractivity contribution is 0.0515. The van der Waals surface area contributed by atoms with Crippen molar-refractivity contribution in [1.82, 2.24) is 39.5 Å². The molecule has 1 radical (unpaired) electrons. The fraction of sp³-hybridized carbons (Fsp3) is 0.259. The second-order valence-electron chi connectivity index (χ2n) is 9.66. The third-order valence-electron chi connectivity index (χ3n) is 7.45. The van der Waals surface area contributed by atoms with Crippen molar-refractivity contribution in [3.8, 4) is 21.8 Å². The van der Waals surface area contributed by atoms with E-state index in [1.165, 1.54) is 23.4 Å². The summed E-state index contributed by atoms with van der Waals surface area (Å²) in [5.41, 5.74) is 3.53. The third-order valence-corrected chi connectivity index (χ3v) is 8.26. The van der Waals surface area contributed by atoms with Crippen molar-refractivity contribution in [3.05, 3.63) is 78.2 Å². The number of carbonyl (C=O) groups excluding carboxylic acids is 1. The number of H-pyrrole nitrogens is 1. The number of likely N-dealkylation sites (tertiary alicyclic amines) is 2. The highest BCUT2D eigenvalue weighted by atomic mass is 32.1. The summed E-state index contributed by atoms with van der Waals surface area (Å²) >= 11 is 1.36. The first kappa shape index (κ1) is 23.2. The van der Waals surface area contributed by atoms with Crippen LogP contribution in [0.2, 0.25) is 0 Å². The van der Waals surface area contributed by atoms with E-state index in [9.17, 15) is 9.18 Å². The number of thiazole rings is 1. The maximum absolute atomic E-state index is 14.3. The number of aromatic nitrogens is 6. The first-order chi connectivity index (χ1) is 18.6. The molecule has 0 bridgehead atoms. The van der Waals surface area contributed by atoms with E-state index in [0.717, 1.165) is 48.2 Å². The molecule has 0 saturated carbocycles. The lowest BCUT2D eigenvalue weighted by atomic mass is 9.97. The number of piperidine rings is 1. The largest absolute Gasteiger partial charge is 0.346 e. The number of benzene rings is 1. The topological polar surface area (TPSA) is 95.8 Å². The van der Waals surface area contributed by atoms with Gasteiger partial charge in [0.25, 0.3) is 5.91 Å². The van der Waals surface area contributed by atoms with Gasteiger partial charge in [0.05, 0.1) is 11.9 Å². The molecule has 0 spiro atoms. The van der Waals surface area contributed by atoms with Gasteiger partial charge in [-0.2, -0.15) is 5.10 Å². The number of amides is 1. The Bertz CT molecular complexity index is 1600. The van der Waals surface area contributed by atoms with E-state index in [1.54, 1.807) is 30.0 Å². The van der Waals surface area contributed by atoms with Crippen LogP contribution in [-0.4, -0.2) is 77.6 Å². The minimum atomic E-state index is -0.362. The Kier molecular flexibility index (Phi) is 5.74. The van der Waals surface area contributed by atoms with Gasteiger partial charge in [-0.1, -0.05) is 0 Å². The summed E-state index contributed by atoms with van der Waals surface area (Å²) in [6.07, 6.45) is 10.8. The van der Waals surface area contributed by atoms with E-state index in [0.29, 0.717) is 35.3 Å². The molecule has 2 aliphatic rings. The first-order valence-electron chi connectivity index (χ1n) is 12.5. The molecule has 6 heterocycles. The van der Waals surface area contributed by atoms with Crippen LogP contribution in [0, 0.1) is 11.9 Å². The van der Waals surface area contributed by atoms with E-state index in [4.69, 9.17) is 0 Å². The second kappa shape index (κ2) is 9.41. The van der Waals surface area contributed by atoms with Crippen LogP contribution in [0.25, 0.3) is 32.9 Å². The van der Waals surface area contributed by atoms with Gasteiger partial charge in [0.2, 0.25) is 0 Å². The SMILES string of the molecule is O=C(c1ccc(F)c(-c2nccs2)c1)N1CCC(N2C[C](n3cc(-c4ncnc5[nH]ccc45)cn3)C2)CC1. The summed E-state index contributed by atoms with van der Waals surface area (Å²) in [7, 11) is 0. The zero-order valence-corrected chi connectivity index (χ0v) is 21.2. The molecule has 0 aliphatic carbocycles. The average Bonchev–Trinajstić information content (AvgIpc) is 3.70. The summed E-state index contributed by atoms with van der Waals surface area (Å²) in [4.78, 5) is 33.5. The van der Waals surface area contributed by atoms with Crippen LogP contribution < -0.4 is 0 Å². The number of carbonyl (C=O) groups is 1. The van der Waals surface area contributed by atoms with Crippen molar-refractivity contribution < 1.29 is 9.18 Å². The fourth-order valence-electron chi connectivity index (χ4n) is 5.34. The molecule has 1 aromatic carbocycles. The normalized spacial score (nSPS) is 17.2. The van der Waals surface area contributed by atoms with Crippen molar-refractivity contribution in [2.24, 2.45) is 0 Å². The molecule has 2 fully saturated rings.